The van der Waals surface area contributed by atoms with Crippen molar-refractivity contribution in [1.82, 2.24) is 10.2 Å². The van der Waals surface area contributed by atoms with Gasteiger partial charge in [-0.05, 0) is 36.1 Å². The first-order chi connectivity index (χ1) is 12.2. The second kappa shape index (κ2) is 6.93. The Morgan fingerprint density at radius 2 is 1.73 bits per heavy atom. The number of hydrogen-bond acceptors (Lipinski definition) is 2. The molecule has 1 fully saturated rings. The van der Waals surface area contributed by atoms with Crippen LogP contribution < -0.4 is 5.32 Å². The molecule has 0 unspecified atom stereocenters. The lowest BCUT2D eigenvalue weighted by Gasteiger charge is -2.23. The molecule has 4 nitrogen and oxygen atoms in total. The first-order valence-electron chi connectivity index (χ1n) is 8.41. The molecule has 136 valence electrons. The van der Waals surface area contributed by atoms with Gasteiger partial charge in [-0.1, -0.05) is 67.4 Å². The van der Waals surface area contributed by atoms with Crippen molar-refractivity contribution < 1.29 is 9.59 Å². The van der Waals surface area contributed by atoms with Crippen molar-refractivity contribution in [2.45, 2.75) is 38.8 Å². The smallest absolute Gasteiger partial charge is 0.319 e. The molecule has 1 aliphatic heterocycles. The lowest BCUT2D eigenvalue weighted by atomic mass is 9.92. The highest BCUT2D eigenvalue weighted by Gasteiger charge is 2.49. The molecular weight excluding hydrogens is 371 g/mol. The van der Waals surface area contributed by atoms with Crippen molar-refractivity contribution in [2.24, 2.45) is 0 Å². The van der Waals surface area contributed by atoms with E-state index < -0.39 is 11.6 Å². The van der Waals surface area contributed by atoms with Crippen LogP contribution in [0, 0.1) is 0 Å². The molecular formula is C20H20Cl2N2O2. The van der Waals surface area contributed by atoms with Crippen LogP contribution in [-0.4, -0.2) is 16.8 Å². The number of carbonyl (C=O) groups is 2. The van der Waals surface area contributed by atoms with Crippen molar-refractivity contribution in [3.63, 3.8) is 0 Å². The number of hydrogen-bond donors (Lipinski definition) is 1. The van der Waals surface area contributed by atoms with Crippen LogP contribution >= 0.6 is 23.2 Å². The monoisotopic (exact) mass is 390 g/mol. The third-order valence-corrected chi connectivity index (χ3v) is 5.28. The quantitative estimate of drug-likeness (QED) is 0.739. The number of amides is 3. The molecule has 2 aromatic carbocycles. The summed E-state index contributed by atoms with van der Waals surface area (Å²) < 4.78 is 0. The molecule has 0 spiro atoms. The highest BCUT2D eigenvalue weighted by molar-refractivity contribution is 6.35. The van der Waals surface area contributed by atoms with Crippen molar-refractivity contribution in [2.75, 3.05) is 0 Å². The van der Waals surface area contributed by atoms with E-state index in [9.17, 15) is 9.59 Å². The Bertz CT molecular complexity index is 865. The van der Waals surface area contributed by atoms with E-state index in [1.807, 2.05) is 24.3 Å². The molecule has 0 aromatic heterocycles. The number of rotatable bonds is 4. The average Bonchev–Trinajstić information content (AvgIpc) is 2.79. The predicted molar refractivity (Wildman–Crippen MR) is 103 cm³/mol. The van der Waals surface area contributed by atoms with Crippen LogP contribution in [0.15, 0.2) is 42.5 Å². The predicted octanol–water partition coefficient (Wildman–Crippen LogP) is 5.08. The third-order valence-electron chi connectivity index (χ3n) is 4.73. The second-order valence-corrected chi connectivity index (χ2v) is 7.81. The van der Waals surface area contributed by atoms with Crippen molar-refractivity contribution in [3.8, 4) is 0 Å². The fourth-order valence-electron chi connectivity index (χ4n) is 3.11. The van der Waals surface area contributed by atoms with Crippen LogP contribution in [0.4, 0.5) is 4.79 Å². The Kier molecular flexibility index (Phi) is 5.00. The maximum Gasteiger partial charge on any atom is 0.325 e. The molecule has 1 aliphatic rings. The van der Waals surface area contributed by atoms with Crippen molar-refractivity contribution >= 4 is 35.1 Å². The van der Waals surface area contributed by atoms with Gasteiger partial charge >= 0.3 is 6.03 Å². The van der Waals surface area contributed by atoms with Gasteiger partial charge in [-0.25, -0.2) is 4.79 Å². The first kappa shape index (κ1) is 18.7. The molecule has 0 radical (unpaired) electrons. The van der Waals surface area contributed by atoms with E-state index in [0.29, 0.717) is 21.5 Å². The van der Waals surface area contributed by atoms with Crippen molar-refractivity contribution in [1.29, 1.82) is 0 Å². The molecule has 1 saturated heterocycles. The van der Waals surface area contributed by atoms with Crippen LogP contribution in [0.1, 0.15) is 43.4 Å². The van der Waals surface area contributed by atoms with Gasteiger partial charge in [-0.15, -0.1) is 0 Å². The zero-order chi connectivity index (χ0) is 19.1. The van der Waals surface area contributed by atoms with E-state index in [0.717, 1.165) is 5.56 Å². The van der Waals surface area contributed by atoms with Gasteiger partial charge in [0.05, 0.1) is 6.54 Å². The number of nitrogens with zero attached hydrogens (tertiary/aromatic N) is 1. The van der Waals surface area contributed by atoms with Crippen LogP contribution in [0.25, 0.3) is 0 Å². The van der Waals surface area contributed by atoms with E-state index in [1.165, 1.54) is 10.5 Å². The van der Waals surface area contributed by atoms with Crippen LogP contribution in [0.5, 0.6) is 0 Å². The maximum absolute atomic E-state index is 13.0. The molecule has 0 aliphatic carbocycles. The summed E-state index contributed by atoms with van der Waals surface area (Å²) in [4.78, 5) is 26.7. The molecule has 26 heavy (non-hydrogen) atoms. The number of benzene rings is 2. The summed E-state index contributed by atoms with van der Waals surface area (Å²) in [6, 6.07) is 12.4. The lowest BCUT2D eigenvalue weighted by Crippen LogP contribution is -2.41. The van der Waals surface area contributed by atoms with E-state index in [-0.39, 0.29) is 12.5 Å². The number of carbonyl (C=O) groups excluding carboxylic acids is 2. The zero-order valence-corrected chi connectivity index (χ0v) is 16.4. The molecule has 2 aromatic rings. The SMILES string of the molecule is CC(C)c1ccc(CN2C(=O)N[C@](C)(c3ccc(Cl)cc3Cl)C2=O)cc1. The van der Waals surface area contributed by atoms with Crippen molar-refractivity contribution in [3.05, 3.63) is 69.2 Å². The number of nitrogens with one attached hydrogen (secondary N) is 1. The summed E-state index contributed by atoms with van der Waals surface area (Å²) in [5.41, 5.74) is 1.42. The molecule has 1 atom stereocenters. The molecule has 0 saturated carbocycles. The lowest BCUT2D eigenvalue weighted by molar-refractivity contribution is -0.131. The highest BCUT2D eigenvalue weighted by atomic mass is 35.5. The first-order valence-corrected chi connectivity index (χ1v) is 9.16. The molecule has 1 N–H and O–H groups in total. The molecule has 3 rings (SSSR count). The summed E-state index contributed by atoms with van der Waals surface area (Å²) >= 11 is 12.2. The Balaban J connectivity index is 1.86. The molecule has 1 heterocycles. The van der Waals surface area contributed by atoms with Gasteiger partial charge in [-0.3, -0.25) is 9.69 Å². The van der Waals surface area contributed by atoms with E-state index in [2.05, 4.69) is 19.2 Å². The standard InChI is InChI=1S/C20H20Cl2N2O2/c1-12(2)14-6-4-13(5-7-14)11-24-18(25)20(3,23-19(24)26)16-9-8-15(21)10-17(16)22/h4-10,12H,11H2,1-3H3,(H,23,26)/t20-/m1/s1. The molecule has 3 amide bonds. The Labute approximate surface area is 163 Å². The summed E-state index contributed by atoms with van der Waals surface area (Å²) in [6.45, 7) is 6.11. The number of halogens is 2. The van der Waals surface area contributed by atoms with Crippen LogP contribution in [-0.2, 0) is 16.9 Å². The van der Waals surface area contributed by atoms with Gasteiger partial charge in [0.15, 0.2) is 0 Å². The van der Waals surface area contributed by atoms with E-state index in [4.69, 9.17) is 23.2 Å². The summed E-state index contributed by atoms with van der Waals surface area (Å²) in [7, 11) is 0. The fourth-order valence-corrected chi connectivity index (χ4v) is 3.71. The summed E-state index contributed by atoms with van der Waals surface area (Å²) in [5, 5.41) is 3.58. The normalized spacial score (nSPS) is 20.0. The summed E-state index contributed by atoms with van der Waals surface area (Å²) in [6.07, 6.45) is 0. The summed E-state index contributed by atoms with van der Waals surface area (Å²) in [5.74, 6) is 0.0933. The van der Waals surface area contributed by atoms with Gasteiger partial charge in [0.1, 0.15) is 5.54 Å². The third kappa shape index (κ3) is 3.31. The Morgan fingerprint density at radius 3 is 2.31 bits per heavy atom. The van der Waals surface area contributed by atoms with Crippen LogP contribution in [0.2, 0.25) is 10.0 Å². The average molecular weight is 391 g/mol. The van der Waals surface area contributed by atoms with Crippen LogP contribution in [0.3, 0.4) is 0 Å². The minimum absolute atomic E-state index is 0.212. The largest absolute Gasteiger partial charge is 0.325 e. The Morgan fingerprint density at radius 1 is 1.08 bits per heavy atom. The minimum Gasteiger partial charge on any atom is -0.319 e. The maximum atomic E-state index is 13.0. The highest BCUT2D eigenvalue weighted by Crippen LogP contribution is 2.35. The molecule has 6 heteroatoms. The van der Waals surface area contributed by atoms with Gasteiger partial charge in [0, 0.05) is 15.6 Å². The number of imide groups is 1. The zero-order valence-electron chi connectivity index (χ0n) is 14.8. The Hall–Kier alpha value is -2.04. The topological polar surface area (TPSA) is 49.4 Å². The number of urea groups is 1. The minimum atomic E-state index is -1.21. The van der Waals surface area contributed by atoms with Gasteiger partial charge in [-0.2, -0.15) is 0 Å². The fraction of sp³-hybridized carbons (Fsp3) is 0.300. The van der Waals surface area contributed by atoms with Gasteiger partial charge < -0.3 is 5.32 Å². The second-order valence-electron chi connectivity index (χ2n) is 6.97. The van der Waals surface area contributed by atoms with E-state index in [1.54, 1.807) is 25.1 Å². The van der Waals surface area contributed by atoms with Gasteiger partial charge in [0.2, 0.25) is 0 Å². The van der Waals surface area contributed by atoms with E-state index >= 15 is 0 Å². The molecule has 0 bridgehead atoms. The van der Waals surface area contributed by atoms with Gasteiger partial charge in [0.25, 0.3) is 5.91 Å².